The Bertz CT molecular complexity index is 1190. The largest absolute Gasteiger partial charge is 0.451 e. The monoisotopic (exact) mass is 413 g/mol. The molecule has 1 saturated heterocycles. The van der Waals surface area contributed by atoms with Gasteiger partial charge in [0, 0.05) is 41.6 Å². The summed E-state index contributed by atoms with van der Waals surface area (Å²) in [5, 5.41) is 7.03. The number of carbonyl (C=O) groups excluding carboxylic acids is 1. The van der Waals surface area contributed by atoms with Gasteiger partial charge < -0.3 is 20.0 Å². The number of rotatable bonds is 5. The molecular weight excluding hydrogens is 390 g/mol. The minimum atomic E-state index is -0.283. The summed E-state index contributed by atoms with van der Waals surface area (Å²) in [6.07, 6.45) is 2.40. The van der Waals surface area contributed by atoms with Crippen molar-refractivity contribution in [1.82, 2.24) is 9.97 Å². The molecule has 7 nitrogen and oxygen atoms in total. The maximum Gasteiger partial charge on any atom is 0.291 e. The smallest absolute Gasteiger partial charge is 0.291 e. The summed E-state index contributed by atoms with van der Waals surface area (Å²) in [6, 6.07) is 18.8. The molecule has 1 amide bonds. The first-order valence-corrected chi connectivity index (χ1v) is 10.4. The highest BCUT2D eigenvalue weighted by molar-refractivity contribution is 6.04. The highest BCUT2D eigenvalue weighted by Gasteiger charge is 2.15. The number of furan rings is 1. The second-order valence-electron chi connectivity index (χ2n) is 7.69. The molecule has 5 rings (SSSR count). The molecule has 0 unspecified atom stereocenters. The fraction of sp³-hybridized carbons (Fsp3) is 0.208. The lowest BCUT2D eigenvalue weighted by Gasteiger charge is -2.17. The lowest BCUT2D eigenvalue weighted by molar-refractivity contribution is 0.0998. The summed E-state index contributed by atoms with van der Waals surface area (Å²) < 4.78 is 5.62. The zero-order valence-corrected chi connectivity index (χ0v) is 17.3. The molecule has 0 saturated carbocycles. The van der Waals surface area contributed by atoms with Gasteiger partial charge in [0.15, 0.2) is 5.76 Å². The Morgan fingerprint density at radius 1 is 0.968 bits per heavy atom. The summed E-state index contributed by atoms with van der Waals surface area (Å²) in [5.41, 5.74) is 3.14. The van der Waals surface area contributed by atoms with Gasteiger partial charge in [-0.15, -0.1) is 0 Å². The molecule has 4 aromatic rings. The van der Waals surface area contributed by atoms with Crippen LogP contribution in [-0.4, -0.2) is 29.0 Å². The molecule has 0 aliphatic carbocycles. The third-order valence-electron chi connectivity index (χ3n) is 5.32. The molecular formula is C24H23N5O2. The van der Waals surface area contributed by atoms with Gasteiger partial charge in [0.1, 0.15) is 11.4 Å². The number of hydrogen-bond donors (Lipinski definition) is 2. The minimum absolute atomic E-state index is 0.283. The van der Waals surface area contributed by atoms with E-state index in [-0.39, 0.29) is 11.7 Å². The van der Waals surface area contributed by atoms with Crippen LogP contribution in [0.25, 0.3) is 11.0 Å². The molecule has 0 spiro atoms. The van der Waals surface area contributed by atoms with Crippen molar-refractivity contribution in [2.24, 2.45) is 0 Å². The molecule has 2 N–H and O–H groups in total. The third kappa shape index (κ3) is 4.21. The highest BCUT2D eigenvalue weighted by Crippen LogP contribution is 2.23. The number of hydrogen-bond acceptors (Lipinski definition) is 6. The second kappa shape index (κ2) is 8.10. The summed E-state index contributed by atoms with van der Waals surface area (Å²) in [6.45, 7) is 4.05. The van der Waals surface area contributed by atoms with Gasteiger partial charge in [0.25, 0.3) is 5.91 Å². The number of nitrogens with one attached hydrogen (secondary N) is 2. The first-order chi connectivity index (χ1) is 15.1. The second-order valence-corrected chi connectivity index (χ2v) is 7.69. The number of nitrogens with zero attached hydrogens (tertiary/aromatic N) is 3. The zero-order valence-electron chi connectivity index (χ0n) is 17.3. The van der Waals surface area contributed by atoms with Crippen molar-refractivity contribution in [3.63, 3.8) is 0 Å². The van der Waals surface area contributed by atoms with Gasteiger partial charge in [0.2, 0.25) is 5.95 Å². The predicted molar refractivity (Wildman–Crippen MR) is 122 cm³/mol. The van der Waals surface area contributed by atoms with Gasteiger partial charge >= 0.3 is 0 Å². The van der Waals surface area contributed by atoms with Crippen molar-refractivity contribution in [3.05, 3.63) is 72.1 Å². The number of aryl methyl sites for hydroxylation is 1. The lowest BCUT2D eigenvalue weighted by Crippen LogP contribution is -2.19. The molecule has 1 aliphatic rings. The van der Waals surface area contributed by atoms with Crippen LogP contribution in [0.15, 0.2) is 65.1 Å². The fourth-order valence-corrected chi connectivity index (χ4v) is 3.77. The molecule has 2 aromatic carbocycles. The quantitative estimate of drug-likeness (QED) is 0.472. The number of amides is 1. The van der Waals surface area contributed by atoms with Crippen LogP contribution in [0.2, 0.25) is 0 Å². The van der Waals surface area contributed by atoms with Crippen molar-refractivity contribution in [3.8, 4) is 0 Å². The van der Waals surface area contributed by atoms with E-state index in [1.165, 1.54) is 12.8 Å². The Morgan fingerprint density at radius 2 is 1.71 bits per heavy atom. The summed E-state index contributed by atoms with van der Waals surface area (Å²) in [7, 11) is 0. The number of para-hydroxylation sites is 1. The lowest BCUT2D eigenvalue weighted by atomic mass is 10.2. The van der Waals surface area contributed by atoms with Crippen LogP contribution >= 0.6 is 0 Å². The van der Waals surface area contributed by atoms with Gasteiger partial charge in [-0.25, -0.2) is 4.98 Å². The van der Waals surface area contributed by atoms with E-state index in [0.717, 1.165) is 35.7 Å². The van der Waals surface area contributed by atoms with E-state index in [2.05, 4.69) is 25.5 Å². The van der Waals surface area contributed by atoms with Crippen molar-refractivity contribution in [2.45, 2.75) is 19.8 Å². The van der Waals surface area contributed by atoms with Gasteiger partial charge in [0.05, 0.1) is 0 Å². The Kier molecular flexibility index (Phi) is 5.00. The molecule has 0 radical (unpaired) electrons. The topological polar surface area (TPSA) is 83.3 Å². The first-order valence-electron chi connectivity index (χ1n) is 10.4. The van der Waals surface area contributed by atoms with E-state index >= 15 is 0 Å². The van der Waals surface area contributed by atoms with Gasteiger partial charge in [-0.05, 0) is 56.2 Å². The molecule has 3 heterocycles. The highest BCUT2D eigenvalue weighted by atomic mass is 16.3. The number of anilines is 4. The zero-order chi connectivity index (χ0) is 21.2. The average molecular weight is 413 g/mol. The van der Waals surface area contributed by atoms with Gasteiger partial charge in [-0.1, -0.05) is 18.2 Å². The molecule has 1 fully saturated rings. The van der Waals surface area contributed by atoms with Crippen LogP contribution < -0.4 is 15.5 Å². The molecule has 2 aromatic heterocycles. The predicted octanol–water partition coefficient (Wildman–Crippen LogP) is 5.13. The third-order valence-corrected chi connectivity index (χ3v) is 5.32. The number of aromatic nitrogens is 2. The normalized spacial score (nSPS) is 13.5. The van der Waals surface area contributed by atoms with Crippen molar-refractivity contribution >= 4 is 40.0 Å². The number of carbonyl (C=O) groups is 1. The fourth-order valence-electron chi connectivity index (χ4n) is 3.77. The Balaban J connectivity index is 1.27. The minimum Gasteiger partial charge on any atom is -0.451 e. The van der Waals surface area contributed by atoms with Crippen LogP contribution in [0.1, 0.15) is 29.1 Å². The molecule has 31 heavy (non-hydrogen) atoms. The SMILES string of the molecule is Cc1cc(N2CCCC2)nc(Nc2ccc(NC(=O)c3cc4ccccc4o3)cc2)n1. The average Bonchev–Trinajstić information content (AvgIpc) is 3.45. The first kappa shape index (κ1) is 19.1. The standard InChI is InChI=1S/C24H23N5O2/c1-16-14-22(29-12-4-5-13-29)28-24(25-16)27-19-10-8-18(9-11-19)26-23(30)21-15-17-6-2-3-7-20(17)31-21/h2-3,6-11,14-15H,4-5,12-13H2,1H3,(H,26,30)(H,25,27,28). The number of benzene rings is 2. The van der Waals surface area contributed by atoms with Crippen molar-refractivity contribution in [1.29, 1.82) is 0 Å². The summed E-state index contributed by atoms with van der Waals surface area (Å²) in [4.78, 5) is 24.0. The van der Waals surface area contributed by atoms with E-state index < -0.39 is 0 Å². The Morgan fingerprint density at radius 3 is 2.48 bits per heavy atom. The maximum absolute atomic E-state index is 12.5. The Hall–Kier alpha value is -3.87. The van der Waals surface area contributed by atoms with Crippen LogP contribution in [0, 0.1) is 6.92 Å². The van der Waals surface area contributed by atoms with Crippen LogP contribution in [-0.2, 0) is 0 Å². The Labute approximate surface area is 180 Å². The van der Waals surface area contributed by atoms with E-state index in [0.29, 0.717) is 17.2 Å². The van der Waals surface area contributed by atoms with E-state index in [1.807, 2.05) is 61.5 Å². The molecule has 7 heteroatoms. The van der Waals surface area contributed by atoms with Crippen LogP contribution in [0.4, 0.5) is 23.1 Å². The van der Waals surface area contributed by atoms with E-state index in [1.54, 1.807) is 6.07 Å². The number of fused-ring (bicyclic) bond motifs is 1. The van der Waals surface area contributed by atoms with Crippen molar-refractivity contribution in [2.75, 3.05) is 28.6 Å². The van der Waals surface area contributed by atoms with E-state index in [4.69, 9.17) is 4.42 Å². The maximum atomic E-state index is 12.5. The van der Waals surface area contributed by atoms with Crippen LogP contribution in [0.3, 0.4) is 0 Å². The summed E-state index contributed by atoms with van der Waals surface area (Å²) >= 11 is 0. The van der Waals surface area contributed by atoms with E-state index in [9.17, 15) is 4.79 Å². The molecule has 156 valence electrons. The summed E-state index contributed by atoms with van der Waals surface area (Å²) in [5.74, 6) is 1.53. The molecule has 1 aliphatic heterocycles. The molecule has 0 bridgehead atoms. The van der Waals surface area contributed by atoms with Crippen molar-refractivity contribution < 1.29 is 9.21 Å². The van der Waals surface area contributed by atoms with Crippen LogP contribution in [0.5, 0.6) is 0 Å². The molecule has 0 atom stereocenters. The van der Waals surface area contributed by atoms with Gasteiger partial charge in [-0.3, -0.25) is 4.79 Å². The van der Waals surface area contributed by atoms with Gasteiger partial charge in [-0.2, -0.15) is 4.98 Å².